The quantitative estimate of drug-likeness (QED) is 0.574. The molecule has 24 heavy (non-hydrogen) atoms. The lowest BCUT2D eigenvalue weighted by molar-refractivity contribution is 0.277. The van der Waals surface area contributed by atoms with Crippen molar-refractivity contribution in [3.8, 4) is 0 Å². The molecule has 1 aromatic carbocycles. The summed E-state index contributed by atoms with van der Waals surface area (Å²) >= 11 is 6.14. The average Bonchev–Trinajstić information content (AvgIpc) is 2.57. The molecule has 0 saturated carbocycles. The summed E-state index contributed by atoms with van der Waals surface area (Å²) in [6.07, 6.45) is 8.95. The summed E-state index contributed by atoms with van der Waals surface area (Å²) in [6.45, 7) is 5.10. The van der Waals surface area contributed by atoms with Gasteiger partial charge in [-0.25, -0.2) is 0 Å². The maximum atomic E-state index is 6.14. The molecular formula is C19H29ClN4. The van der Waals surface area contributed by atoms with Crippen LogP contribution < -0.4 is 16.7 Å². The van der Waals surface area contributed by atoms with Gasteiger partial charge in [0, 0.05) is 18.6 Å². The molecule has 4 nitrogen and oxygen atoms in total. The lowest BCUT2D eigenvalue weighted by Crippen LogP contribution is -2.44. The lowest BCUT2D eigenvalue weighted by Gasteiger charge is -2.26. The van der Waals surface area contributed by atoms with Gasteiger partial charge in [0.1, 0.15) is 5.82 Å². The molecule has 1 aromatic rings. The summed E-state index contributed by atoms with van der Waals surface area (Å²) < 4.78 is 0. The molecule has 2 rings (SSSR count). The molecular weight excluding hydrogens is 320 g/mol. The van der Waals surface area contributed by atoms with E-state index >= 15 is 0 Å². The zero-order valence-corrected chi connectivity index (χ0v) is 15.7. The van der Waals surface area contributed by atoms with Gasteiger partial charge < -0.3 is 5.32 Å². The highest BCUT2D eigenvalue weighted by atomic mass is 35.5. The van der Waals surface area contributed by atoms with E-state index in [1.54, 1.807) is 0 Å². The summed E-state index contributed by atoms with van der Waals surface area (Å²) in [6, 6.07) is 6.38. The minimum atomic E-state index is 0.651. The Hall–Kier alpha value is -1.49. The monoisotopic (exact) mass is 348 g/mol. The van der Waals surface area contributed by atoms with Crippen molar-refractivity contribution < 1.29 is 0 Å². The first-order valence-electron chi connectivity index (χ1n) is 8.57. The molecule has 0 saturated heterocycles. The number of halogens is 1. The molecule has 0 aliphatic carbocycles. The lowest BCUT2D eigenvalue weighted by atomic mass is 9.91. The predicted molar refractivity (Wildman–Crippen MR) is 102 cm³/mol. The van der Waals surface area contributed by atoms with Crippen LogP contribution >= 0.6 is 11.6 Å². The van der Waals surface area contributed by atoms with Crippen molar-refractivity contribution in [2.45, 2.75) is 39.5 Å². The number of nitrogens with zero attached hydrogens (tertiary/aromatic N) is 1. The smallest absolute Gasteiger partial charge is 0.120 e. The minimum absolute atomic E-state index is 0.651. The predicted octanol–water partition coefficient (Wildman–Crippen LogP) is 3.68. The van der Waals surface area contributed by atoms with E-state index in [1.165, 1.54) is 17.6 Å². The topological polar surface area (TPSA) is 53.3 Å². The molecule has 1 unspecified atom stereocenters. The van der Waals surface area contributed by atoms with Crippen LogP contribution in [-0.4, -0.2) is 18.6 Å². The van der Waals surface area contributed by atoms with Crippen LogP contribution in [0.4, 0.5) is 0 Å². The summed E-state index contributed by atoms with van der Waals surface area (Å²) in [5.41, 5.74) is 6.39. The third kappa shape index (κ3) is 5.26. The Kier molecular flexibility index (Phi) is 7.16. The van der Waals surface area contributed by atoms with Gasteiger partial charge in [-0.2, -0.15) is 5.53 Å². The Morgan fingerprint density at radius 1 is 1.33 bits per heavy atom. The Balaban J connectivity index is 2.04. The fourth-order valence-electron chi connectivity index (χ4n) is 3.17. The normalized spacial score (nSPS) is 19.1. The van der Waals surface area contributed by atoms with Crippen molar-refractivity contribution in [1.82, 2.24) is 15.9 Å². The Morgan fingerprint density at radius 3 is 2.83 bits per heavy atom. The Labute approximate surface area is 150 Å². The van der Waals surface area contributed by atoms with Crippen molar-refractivity contribution in [2.24, 2.45) is 11.8 Å². The second-order valence-electron chi connectivity index (χ2n) is 6.57. The first-order chi connectivity index (χ1) is 11.5. The molecule has 0 radical (unpaired) electrons. The van der Waals surface area contributed by atoms with Crippen molar-refractivity contribution in [2.75, 3.05) is 13.6 Å². The molecule has 0 fully saturated rings. The molecule has 1 heterocycles. The van der Waals surface area contributed by atoms with E-state index in [4.69, 9.17) is 17.4 Å². The van der Waals surface area contributed by atoms with Gasteiger partial charge in [0.15, 0.2) is 0 Å². The van der Waals surface area contributed by atoms with Crippen molar-refractivity contribution in [3.05, 3.63) is 57.9 Å². The standard InChI is InChI=1S/C19H29ClN4/c1-14-6-4-5-7-16(10-11-22-19(14)24(3)23-21)13-17-8-9-18(20)15(2)12-17/h4,6,8-9,12,16,22-23H,5,7,10-11,13,21H2,1-3H3. The number of hydrogen-bond donors (Lipinski definition) is 3. The van der Waals surface area contributed by atoms with Crippen LogP contribution in [0.15, 0.2) is 41.7 Å². The van der Waals surface area contributed by atoms with E-state index in [-0.39, 0.29) is 0 Å². The maximum Gasteiger partial charge on any atom is 0.120 e. The molecule has 5 heteroatoms. The van der Waals surface area contributed by atoms with Gasteiger partial charge in [0.2, 0.25) is 0 Å². The van der Waals surface area contributed by atoms with Gasteiger partial charge in [-0.1, -0.05) is 35.9 Å². The van der Waals surface area contributed by atoms with Crippen LogP contribution in [0.3, 0.4) is 0 Å². The van der Waals surface area contributed by atoms with Crippen LogP contribution in [0.1, 0.15) is 37.3 Å². The van der Waals surface area contributed by atoms with Crippen molar-refractivity contribution >= 4 is 11.6 Å². The Bertz CT molecular complexity index is 609. The molecule has 0 amide bonds. The summed E-state index contributed by atoms with van der Waals surface area (Å²) in [7, 11) is 1.92. The molecule has 1 aliphatic heterocycles. The minimum Gasteiger partial charge on any atom is -0.370 e. The Morgan fingerprint density at radius 2 is 2.12 bits per heavy atom. The number of benzene rings is 1. The largest absolute Gasteiger partial charge is 0.370 e. The van der Waals surface area contributed by atoms with Crippen molar-refractivity contribution in [3.63, 3.8) is 0 Å². The van der Waals surface area contributed by atoms with Crippen molar-refractivity contribution in [1.29, 1.82) is 0 Å². The third-order valence-electron chi connectivity index (χ3n) is 4.60. The van der Waals surface area contributed by atoms with Crippen LogP contribution in [0.25, 0.3) is 0 Å². The van der Waals surface area contributed by atoms with Gasteiger partial charge in [-0.15, -0.1) is 0 Å². The van der Waals surface area contributed by atoms with Gasteiger partial charge in [-0.05, 0) is 68.2 Å². The molecule has 132 valence electrons. The van der Waals surface area contributed by atoms with E-state index in [2.05, 4.69) is 49.0 Å². The van der Waals surface area contributed by atoms with Gasteiger partial charge >= 0.3 is 0 Å². The van der Waals surface area contributed by atoms with E-state index < -0.39 is 0 Å². The molecule has 1 aliphatic rings. The highest BCUT2D eigenvalue weighted by molar-refractivity contribution is 6.31. The third-order valence-corrected chi connectivity index (χ3v) is 5.03. The highest BCUT2D eigenvalue weighted by Crippen LogP contribution is 2.23. The SMILES string of the molecule is CC1=C(N(C)NN)NCCC(Cc2ccc(Cl)c(C)c2)CCC=C1. The second kappa shape index (κ2) is 9.11. The number of rotatable bonds is 4. The van der Waals surface area contributed by atoms with Crippen LogP contribution in [-0.2, 0) is 6.42 Å². The fraction of sp³-hybridized carbons (Fsp3) is 0.474. The molecule has 0 bridgehead atoms. The number of aryl methyl sites for hydroxylation is 1. The van der Waals surface area contributed by atoms with Gasteiger partial charge in [-0.3, -0.25) is 10.9 Å². The average molecular weight is 349 g/mol. The molecule has 4 N–H and O–H groups in total. The molecule has 0 aromatic heterocycles. The highest BCUT2D eigenvalue weighted by Gasteiger charge is 2.13. The van der Waals surface area contributed by atoms with E-state index in [0.29, 0.717) is 5.92 Å². The number of nitrogens with two attached hydrogens (primary N) is 1. The fourth-order valence-corrected chi connectivity index (χ4v) is 3.29. The first kappa shape index (κ1) is 18.8. The number of hydrogen-bond acceptors (Lipinski definition) is 4. The molecule has 1 atom stereocenters. The number of hydrazine groups is 2. The van der Waals surface area contributed by atoms with Crippen LogP contribution in [0, 0.1) is 12.8 Å². The summed E-state index contributed by atoms with van der Waals surface area (Å²) in [5.74, 6) is 7.22. The van der Waals surface area contributed by atoms with E-state index in [0.717, 1.165) is 42.2 Å². The zero-order chi connectivity index (χ0) is 17.5. The molecule has 0 spiro atoms. The zero-order valence-electron chi connectivity index (χ0n) is 14.9. The first-order valence-corrected chi connectivity index (χ1v) is 8.95. The second-order valence-corrected chi connectivity index (χ2v) is 6.98. The van der Waals surface area contributed by atoms with E-state index in [9.17, 15) is 0 Å². The number of nitrogens with one attached hydrogen (secondary N) is 2. The van der Waals surface area contributed by atoms with E-state index in [1.807, 2.05) is 18.1 Å². The maximum absolute atomic E-state index is 6.14. The number of allylic oxidation sites excluding steroid dienone is 3. The van der Waals surface area contributed by atoms with Gasteiger partial charge in [0.25, 0.3) is 0 Å². The summed E-state index contributed by atoms with van der Waals surface area (Å²) in [4.78, 5) is 0. The summed E-state index contributed by atoms with van der Waals surface area (Å²) in [5, 5.41) is 6.18. The van der Waals surface area contributed by atoms with Crippen LogP contribution in [0.5, 0.6) is 0 Å². The van der Waals surface area contributed by atoms with Gasteiger partial charge in [0.05, 0.1) is 0 Å². The van der Waals surface area contributed by atoms with Crippen LogP contribution in [0.2, 0.25) is 5.02 Å².